The van der Waals surface area contributed by atoms with E-state index in [9.17, 15) is 4.39 Å². The van der Waals surface area contributed by atoms with Crippen LogP contribution in [0.15, 0.2) is 27.7 Å². The number of aliphatic imine (C=N–C) groups is 1. The van der Waals surface area contributed by atoms with Crippen molar-refractivity contribution in [3.05, 3.63) is 34.1 Å². The summed E-state index contributed by atoms with van der Waals surface area (Å²) in [6.45, 7) is 5.85. The van der Waals surface area contributed by atoms with Crippen LogP contribution in [0, 0.1) is 11.7 Å². The van der Waals surface area contributed by atoms with Crippen molar-refractivity contribution < 1.29 is 9.13 Å². The molecule has 0 radical (unpaired) electrons. The van der Waals surface area contributed by atoms with Gasteiger partial charge in [-0.3, -0.25) is 0 Å². The van der Waals surface area contributed by atoms with Gasteiger partial charge in [-0.15, -0.1) is 24.0 Å². The number of ether oxygens (including phenoxy) is 1. The number of benzene rings is 1. The van der Waals surface area contributed by atoms with Gasteiger partial charge in [-0.25, -0.2) is 9.38 Å². The minimum Gasteiger partial charge on any atom is -0.384 e. The molecule has 0 saturated carbocycles. The van der Waals surface area contributed by atoms with Crippen molar-refractivity contribution in [3.8, 4) is 0 Å². The smallest absolute Gasteiger partial charge is 0.194 e. The van der Waals surface area contributed by atoms with Gasteiger partial charge in [-0.1, -0.05) is 22.0 Å². The van der Waals surface area contributed by atoms with Crippen molar-refractivity contribution in [3.63, 3.8) is 0 Å². The topological polar surface area (TPSA) is 36.9 Å². The minimum atomic E-state index is -0.229. The molecule has 130 valence electrons. The summed E-state index contributed by atoms with van der Waals surface area (Å²) in [6, 6.07) is 5.08. The van der Waals surface area contributed by atoms with Crippen LogP contribution in [-0.4, -0.2) is 44.2 Å². The maximum Gasteiger partial charge on any atom is 0.194 e. The Balaban J connectivity index is 0.00000264. The van der Waals surface area contributed by atoms with Crippen LogP contribution in [0.25, 0.3) is 0 Å². The first-order chi connectivity index (χ1) is 10.6. The standard InChI is InChI=1S/C16H23BrFN3O.HI/c1-3-19-16(21-7-6-12(10-21)11-22-2)20-9-13-4-5-14(17)8-15(13)18;/h4-5,8,12H,3,6-7,9-11H2,1-2H3,(H,19,20);1H. The van der Waals surface area contributed by atoms with Crippen molar-refractivity contribution >= 4 is 45.9 Å². The van der Waals surface area contributed by atoms with Gasteiger partial charge >= 0.3 is 0 Å². The first-order valence-electron chi connectivity index (χ1n) is 7.60. The number of likely N-dealkylation sites (tertiary alicyclic amines) is 1. The highest BCUT2D eigenvalue weighted by Gasteiger charge is 2.24. The molecule has 2 rings (SSSR count). The first kappa shape index (κ1) is 20.6. The zero-order chi connectivity index (χ0) is 15.9. The summed E-state index contributed by atoms with van der Waals surface area (Å²) in [5.41, 5.74) is 0.603. The fraction of sp³-hybridized carbons (Fsp3) is 0.562. The molecule has 1 heterocycles. The van der Waals surface area contributed by atoms with E-state index in [2.05, 4.69) is 31.1 Å². The Labute approximate surface area is 163 Å². The Morgan fingerprint density at radius 2 is 2.30 bits per heavy atom. The number of rotatable bonds is 5. The number of nitrogens with one attached hydrogen (secondary N) is 1. The fourth-order valence-electron chi connectivity index (χ4n) is 2.63. The highest BCUT2D eigenvalue weighted by atomic mass is 127. The van der Waals surface area contributed by atoms with E-state index < -0.39 is 0 Å². The zero-order valence-corrected chi connectivity index (χ0v) is 17.4. The summed E-state index contributed by atoms with van der Waals surface area (Å²) in [4.78, 5) is 6.81. The summed E-state index contributed by atoms with van der Waals surface area (Å²) >= 11 is 3.27. The van der Waals surface area contributed by atoms with Gasteiger partial charge in [0.15, 0.2) is 5.96 Å². The van der Waals surface area contributed by atoms with Crippen molar-refractivity contribution in [2.24, 2.45) is 10.9 Å². The van der Waals surface area contributed by atoms with E-state index in [0.717, 1.165) is 43.1 Å². The van der Waals surface area contributed by atoms with Gasteiger partial charge in [-0.05, 0) is 25.5 Å². The lowest BCUT2D eigenvalue weighted by atomic mass is 10.1. The van der Waals surface area contributed by atoms with Crippen LogP contribution in [-0.2, 0) is 11.3 Å². The number of nitrogens with zero attached hydrogens (tertiary/aromatic N) is 2. The maximum absolute atomic E-state index is 13.9. The van der Waals surface area contributed by atoms with E-state index in [1.807, 2.05) is 13.0 Å². The van der Waals surface area contributed by atoms with Crippen LogP contribution in [0.1, 0.15) is 18.9 Å². The van der Waals surface area contributed by atoms with Gasteiger partial charge in [0, 0.05) is 42.7 Å². The molecule has 0 amide bonds. The Bertz CT molecular complexity index is 530. The van der Waals surface area contributed by atoms with Gasteiger partial charge in [-0.2, -0.15) is 0 Å². The van der Waals surface area contributed by atoms with Crippen molar-refractivity contribution in [1.82, 2.24) is 10.2 Å². The summed E-state index contributed by atoms with van der Waals surface area (Å²) in [6.07, 6.45) is 1.10. The Morgan fingerprint density at radius 3 is 2.96 bits per heavy atom. The second-order valence-corrected chi connectivity index (χ2v) is 6.38. The number of halogens is 3. The summed E-state index contributed by atoms with van der Waals surface area (Å²) < 4.78 is 19.8. The van der Waals surface area contributed by atoms with Crippen molar-refractivity contribution in [2.45, 2.75) is 19.9 Å². The largest absolute Gasteiger partial charge is 0.384 e. The molecule has 1 aromatic rings. The molecular weight excluding hydrogens is 476 g/mol. The van der Waals surface area contributed by atoms with E-state index in [4.69, 9.17) is 4.74 Å². The Morgan fingerprint density at radius 1 is 1.52 bits per heavy atom. The first-order valence-corrected chi connectivity index (χ1v) is 8.39. The Hall–Kier alpha value is -0.410. The van der Waals surface area contributed by atoms with E-state index in [-0.39, 0.29) is 29.8 Å². The third-order valence-electron chi connectivity index (χ3n) is 3.74. The molecule has 0 aromatic heterocycles. The molecule has 0 aliphatic carbocycles. The number of methoxy groups -OCH3 is 1. The molecule has 1 saturated heterocycles. The fourth-order valence-corrected chi connectivity index (χ4v) is 2.97. The van der Waals surface area contributed by atoms with E-state index in [0.29, 0.717) is 18.0 Å². The second-order valence-electron chi connectivity index (χ2n) is 5.46. The van der Waals surface area contributed by atoms with E-state index in [1.165, 1.54) is 6.07 Å². The van der Waals surface area contributed by atoms with E-state index in [1.54, 1.807) is 13.2 Å². The average molecular weight is 500 g/mol. The normalized spacial score (nSPS) is 18.0. The van der Waals surface area contributed by atoms with Crippen molar-refractivity contribution in [2.75, 3.05) is 33.4 Å². The minimum absolute atomic E-state index is 0. The predicted molar refractivity (Wildman–Crippen MR) is 106 cm³/mol. The third-order valence-corrected chi connectivity index (χ3v) is 4.23. The molecule has 4 nitrogen and oxygen atoms in total. The quantitative estimate of drug-likeness (QED) is 0.382. The molecule has 1 atom stereocenters. The molecule has 23 heavy (non-hydrogen) atoms. The monoisotopic (exact) mass is 499 g/mol. The predicted octanol–water partition coefficient (Wildman–Crippen LogP) is 3.64. The van der Waals surface area contributed by atoms with Crippen LogP contribution in [0.4, 0.5) is 4.39 Å². The van der Waals surface area contributed by atoms with Gasteiger partial charge in [0.2, 0.25) is 0 Å². The summed E-state index contributed by atoms with van der Waals surface area (Å²) in [7, 11) is 1.73. The van der Waals surface area contributed by atoms with Gasteiger partial charge in [0.25, 0.3) is 0 Å². The number of hydrogen-bond donors (Lipinski definition) is 1. The van der Waals surface area contributed by atoms with Gasteiger partial charge in [0.1, 0.15) is 5.82 Å². The van der Waals surface area contributed by atoms with Crippen LogP contribution in [0.5, 0.6) is 0 Å². The van der Waals surface area contributed by atoms with Crippen molar-refractivity contribution in [1.29, 1.82) is 0 Å². The summed E-state index contributed by atoms with van der Waals surface area (Å²) in [5.74, 6) is 1.16. The number of guanidine groups is 1. The molecule has 1 aliphatic rings. The summed E-state index contributed by atoms with van der Waals surface area (Å²) in [5, 5.41) is 3.29. The van der Waals surface area contributed by atoms with E-state index >= 15 is 0 Å². The van der Waals surface area contributed by atoms with Crippen LogP contribution in [0.3, 0.4) is 0 Å². The Kier molecular flexibility index (Phi) is 9.38. The SMILES string of the molecule is CCNC(=NCc1ccc(Br)cc1F)N1CCC(COC)C1.I. The zero-order valence-electron chi connectivity index (χ0n) is 13.5. The van der Waals surface area contributed by atoms with Crippen LogP contribution in [0.2, 0.25) is 0 Å². The number of hydrogen-bond acceptors (Lipinski definition) is 2. The molecule has 1 aliphatic heterocycles. The molecule has 0 spiro atoms. The lowest BCUT2D eigenvalue weighted by molar-refractivity contribution is 0.157. The highest BCUT2D eigenvalue weighted by molar-refractivity contribution is 14.0. The molecule has 7 heteroatoms. The molecule has 1 unspecified atom stereocenters. The lowest BCUT2D eigenvalue weighted by Gasteiger charge is -2.21. The molecule has 0 bridgehead atoms. The molecular formula is C16H24BrFIN3O. The van der Waals surface area contributed by atoms with Crippen LogP contribution < -0.4 is 5.32 Å². The molecule has 1 N–H and O–H groups in total. The van der Waals surface area contributed by atoms with Gasteiger partial charge < -0.3 is 15.0 Å². The lowest BCUT2D eigenvalue weighted by Crippen LogP contribution is -2.40. The average Bonchev–Trinajstić information content (AvgIpc) is 2.94. The third kappa shape index (κ3) is 6.19. The van der Waals surface area contributed by atoms with Gasteiger partial charge in [0.05, 0.1) is 13.2 Å². The molecule has 1 aromatic carbocycles. The highest BCUT2D eigenvalue weighted by Crippen LogP contribution is 2.18. The maximum atomic E-state index is 13.9. The second kappa shape index (κ2) is 10.5. The van der Waals surface area contributed by atoms with Crippen LogP contribution >= 0.6 is 39.9 Å². The molecule has 1 fully saturated rings.